The highest BCUT2D eigenvalue weighted by Gasteiger charge is 2.13. The van der Waals surface area contributed by atoms with E-state index in [4.69, 9.17) is 5.11 Å². The van der Waals surface area contributed by atoms with Crippen molar-refractivity contribution in [3.8, 4) is 39.9 Å². The normalized spacial score (nSPS) is 9.78. The standard InChI is InChI=1S/C12H10O5.H2O/c13-7-1-6(2-8(14)3-7)12-10(16)4-9(15)5-11(12)17;/h1-5,13-17H;1H2. The van der Waals surface area contributed by atoms with Crippen LogP contribution in [0.3, 0.4) is 0 Å². The fourth-order valence-electron chi connectivity index (χ4n) is 1.63. The van der Waals surface area contributed by atoms with Crippen LogP contribution in [0.2, 0.25) is 0 Å². The van der Waals surface area contributed by atoms with Gasteiger partial charge in [-0.05, 0) is 17.7 Å². The zero-order valence-corrected chi connectivity index (χ0v) is 9.12. The monoisotopic (exact) mass is 252 g/mol. The number of aromatic hydroxyl groups is 5. The van der Waals surface area contributed by atoms with Crippen LogP contribution in [0, 0.1) is 0 Å². The van der Waals surface area contributed by atoms with Crippen LogP contribution in [-0.2, 0) is 0 Å². The van der Waals surface area contributed by atoms with Gasteiger partial charge < -0.3 is 31.0 Å². The van der Waals surface area contributed by atoms with E-state index in [0.29, 0.717) is 0 Å². The number of hydrogen-bond acceptors (Lipinski definition) is 5. The van der Waals surface area contributed by atoms with E-state index in [2.05, 4.69) is 0 Å². The Kier molecular flexibility index (Phi) is 3.53. The molecule has 0 atom stereocenters. The van der Waals surface area contributed by atoms with Crippen molar-refractivity contribution in [2.24, 2.45) is 0 Å². The van der Waals surface area contributed by atoms with E-state index < -0.39 is 0 Å². The first-order valence-corrected chi connectivity index (χ1v) is 4.75. The maximum Gasteiger partial charge on any atom is 0.130 e. The molecule has 6 heteroatoms. The third kappa shape index (κ3) is 2.38. The Morgan fingerprint density at radius 3 is 1.39 bits per heavy atom. The van der Waals surface area contributed by atoms with E-state index in [0.717, 1.165) is 18.2 Å². The molecule has 2 aromatic carbocycles. The van der Waals surface area contributed by atoms with E-state index in [-0.39, 0.29) is 45.4 Å². The van der Waals surface area contributed by atoms with Crippen molar-refractivity contribution in [2.75, 3.05) is 0 Å². The quantitative estimate of drug-likeness (QED) is 0.517. The zero-order valence-electron chi connectivity index (χ0n) is 9.12. The van der Waals surface area contributed by atoms with Gasteiger partial charge in [-0.15, -0.1) is 0 Å². The number of hydrogen-bond donors (Lipinski definition) is 5. The van der Waals surface area contributed by atoms with E-state index in [1.807, 2.05) is 0 Å². The van der Waals surface area contributed by atoms with Crippen LogP contribution < -0.4 is 0 Å². The van der Waals surface area contributed by atoms with Crippen LogP contribution in [-0.4, -0.2) is 31.0 Å². The van der Waals surface area contributed by atoms with E-state index in [1.165, 1.54) is 12.1 Å². The average molecular weight is 252 g/mol. The minimum absolute atomic E-state index is 0. The van der Waals surface area contributed by atoms with Gasteiger partial charge in [-0.3, -0.25) is 0 Å². The fraction of sp³-hybridized carbons (Fsp3) is 0. The summed E-state index contributed by atoms with van der Waals surface area (Å²) >= 11 is 0. The van der Waals surface area contributed by atoms with Crippen molar-refractivity contribution in [2.45, 2.75) is 0 Å². The molecule has 96 valence electrons. The highest BCUT2D eigenvalue weighted by Crippen LogP contribution is 2.42. The SMILES string of the molecule is O.Oc1cc(O)cc(-c2c(O)cc(O)cc2O)c1. The summed E-state index contributed by atoms with van der Waals surface area (Å²) < 4.78 is 0. The molecule has 0 fully saturated rings. The zero-order chi connectivity index (χ0) is 12.6. The predicted octanol–water partition coefficient (Wildman–Crippen LogP) is 1.06. The van der Waals surface area contributed by atoms with Crippen molar-refractivity contribution in [1.82, 2.24) is 0 Å². The van der Waals surface area contributed by atoms with Gasteiger partial charge in [-0.25, -0.2) is 0 Å². The Balaban J connectivity index is 0.00000162. The molecule has 0 radical (unpaired) electrons. The summed E-state index contributed by atoms with van der Waals surface area (Å²) in [7, 11) is 0. The molecule has 7 N–H and O–H groups in total. The summed E-state index contributed by atoms with van der Waals surface area (Å²) in [5.74, 6) is -1.40. The van der Waals surface area contributed by atoms with Gasteiger partial charge in [-0.2, -0.15) is 0 Å². The van der Waals surface area contributed by atoms with Crippen molar-refractivity contribution < 1.29 is 31.0 Å². The molecule has 0 saturated carbocycles. The van der Waals surface area contributed by atoms with Gasteiger partial charge in [-0.1, -0.05) is 0 Å². The second-order valence-electron chi connectivity index (χ2n) is 3.60. The van der Waals surface area contributed by atoms with E-state index in [1.54, 1.807) is 0 Å². The van der Waals surface area contributed by atoms with Crippen molar-refractivity contribution in [1.29, 1.82) is 0 Å². The maximum absolute atomic E-state index is 9.62. The molecular weight excluding hydrogens is 240 g/mol. The summed E-state index contributed by atoms with van der Waals surface area (Å²) in [4.78, 5) is 0. The van der Waals surface area contributed by atoms with Crippen LogP contribution >= 0.6 is 0 Å². The third-order valence-electron chi connectivity index (χ3n) is 2.27. The lowest BCUT2D eigenvalue weighted by Gasteiger charge is -2.09. The molecule has 0 aliphatic heterocycles. The summed E-state index contributed by atoms with van der Waals surface area (Å²) in [6, 6.07) is 5.77. The lowest BCUT2D eigenvalue weighted by molar-refractivity contribution is 0.430. The van der Waals surface area contributed by atoms with Gasteiger partial charge in [0.1, 0.15) is 28.7 Å². The van der Waals surface area contributed by atoms with Gasteiger partial charge in [0.2, 0.25) is 0 Å². The van der Waals surface area contributed by atoms with Crippen LogP contribution in [0.15, 0.2) is 30.3 Å². The molecule has 0 aliphatic rings. The highest BCUT2D eigenvalue weighted by atomic mass is 16.3. The molecule has 0 unspecified atom stereocenters. The average Bonchev–Trinajstić information content (AvgIpc) is 2.13. The molecule has 0 spiro atoms. The maximum atomic E-state index is 9.62. The Morgan fingerprint density at radius 2 is 0.944 bits per heavy atom. The lowest BCUT2D eigenvalue weighted by Crippen LogP contribution is -1.81. The molecule has 2 rings (SSSR count). The third-order valence-corrected chi connectivity index (χ3v) is 2.27. The Labute approximate surface area is 102 Å². The predicted molar refractivity (Wildman–Crippen MR) is 63.8 cm³/mol. The van der Waals surface area contributed by atoms with Gasteiger partial charge in [0.05, 0.1) is 5.56 Å². The first kappa shape index (κ1) is 13.5. The number of phenols is 5. The van der Waals surface area contributed by atoms with Crippen LogP contribution in [0.4, 0.5) is 0 Å². The molecule has 0 aliphatic carbocycles. The van der Waals surface area contributed by atoms with Crippen LogP contribution in [0.5, 0.6) is 28.7 Å². The van der Waals surface area contributed by atoms with Crippen molar-refractivity contribution in [3.63, 3.8) is 0 Å². The van der Waals surface area contributed by atoms with Crippen molar-refractivity contribution >= 4 is 0 Å². The fourth-order valence-corrected chi connectivity index (χ4v) is 1.63. The molecule has 6 nitrogen and oxygen atoms in total. The Hall–Kier alpha value is -2.60. The number of benzene rings is 2. The smallest absolute Gasteiger partial charge is 0.130 e. The minimum Gasteiger partial charge on any atom is -0.508 e. The van der Waals surface area contributed by atoms with Crippen molar-refractivity contribution in [3.05, 3.63) is 30.3 Å². The molecule has 18 heavy (non-hydrogen) atoms. The van der Waals surface area contributed by atoms with Gasteiger partial charge in [0.25, 0.3) is 0 Å². The summed E-state index contributed by atoms with van der Waals surface area (Å²) in [6.45, 7) is 0. The number of rotatable bonds is 1. The summed E-state index contributed by atoms with van der Waals surface area (Å²) in [6.07, 6.45) is 0. The van der Waals surface area contributed by atoms with Crippen LogP contribution in [0.25, 0.3) is 11.1 Å². The first-order chi connectivity index (χ1) is 7.97. The summed E-state index contributed by atoms with van der Waals surface area (Å²) in [5.41, 5.74) is 0.256. The van der Waals surface area contributed by atoms with Gasteiger partial charge in [0, 0.05) is 18.2 Å². The second kappa shape index (κ2) is 4.72. The second-order valence-corrected chi connectivity index (χ2v) is 3.60. The molecule has 0 amide bonds. The molecule has 0 aromatic heterocycles. The highest BCUT2D eigenvalue weighted by molar-refractivity contribution is 5.79. The van der Waals surface area contributed by atoms with E-state index >= 15 is 0 Å². The lowest BCUT2D eigenvalue weighted by atomic mass is 10.0. The molecule has 0 heterocycles. The number of phenolic OH excluding ortho intramolecular Hbond substituents is 5. The van der Waals surface area contributed by atoms with Gasteiger partial charge >= 0.3 is 0 Å². The minimum atomic E-state index is -0.354. The molecule has 2 aromatic rings. The van der Waals surface area contributed by atoms with Crippen LogP contribution in [0.1, 0.15) is 0 Å². The Morgan fingerprint density at radius 1 is 0.556 bits per heavy atom. The van der Waals surface area contributed by atoms with E-state index in [9.17, 15) is 20.4 Å². The molecular formula is C12H12O6. The Bertz CT molecular complexity index is 536. The van der Waals surface area contributed by atoms with Gasteiger partial charge in [0.15, 0.2) is 0 Å². The molecule has 0 bridgehead atoms. The topological polar surface area (TPSA) is 133 Å². The first-order valence-electron chi connectivity index (χ1n) is 4.75. The summed E-state index contributed by atoms with van der Waals surface area (Å²) in [5, 5.41) is 47.0. The largest absolute Gasteiger partial charge is 0.508 e. The molecule has 0 saturated heterocycles.